The van der Waals surface area contributed by atoms with Crippen molar-refractivity contribution in [1.29, 1.82) is 0 Å². The molecule has 21 heavy (non-hydrogen) atoms. The van der Waals surface area contributed by atoms with Crippen LogP contribution in [-0.2, 0) is 6.42 Å². The van der Waals surface area contributed by atoms with Gasteiger partial charge in [-0.25, -0.2) is 0 Å². The molecule has 0 saturated carbocycles. The molecule has 0 aromatic heterocycles. The highest BCUT2D eigenvalue weighted by Gasteiger charge is 2.30. The molecule has 1 aromatic carbocycles. The molecule has 0 spiro atoms. The molecule has 2 N–H and O–H groups in total. The monoisotopic (exact) mass is 292 g/mol. The van der Waals surface area contributed by atoms with Gasteiger partial charge >= 0.3 is 0 Å². The van der Waals surface area contributed by atoms with Gasteiger partial charge < -0.3 is 14.8 Å². The lowest BCUT2D eigenvalue weighted by Gasteiger charge is -2.30. The van der Waals surface area contributed by atoms with Crippen LogP contribution in [0.5, 0.6) is 11.5 Å². The maximum Gasteiger partial charge on any atom is 0.161 e. The third kappa shape index (κ3) is 3.52. The molecule has 118 valence electrons. The molecule has 1 aliphatic heterocycles. The fraction of sp³-hybridized carbons (Fsp3) is 0.667. The lowest BCUT2D eigenvalue weighted by molar-refractivity contribution is -0.706. The number of hydrogen-bond donors (Lipinski definition) is 1. The number of benzene rings is 1. The summed E-state index contributed by atoms with van der Waals surface area (Å²) in [6, 6.07) is 5.02. The van der Waals surface area contributed by atoms with E-state index in [0.717, 1.165) is 23.8 Å². The van der Waals surface area contributed by atoms with E-state index in [1.807, 2.05) is 13.8 Å². The highest BCUT2D eigenvalue weighted by atomic mass is 16.5. The molecule has 2 rings (SSSR count). The first-order chi connectivity index (χ1) is 10.2. The molecule has 0 amide bonds. The topological polar surface area (TPSA) is 35.1 Å². The second-order valence-corrected chi connectivity index (χ2v) is 5.74. The van der Waals surface area contributed by atoms with Crippen LogP contribution in [0.2, 0.25) is 0 Å². The molecule has 0 radical (unpaired) electrons. The summed E-state index contributed by atoms with van der Waals surface area (Å²) in [7, 11) is 0. The summed E-state index contributed by atoms with van der Waals surface area (Å²) < 4.78 is 11.6. The Morgan fingerprint density at radius 3 is 2.24 bits per heavy atom. The van der Waals surface area contributed by atoms with Crippen molar-refractivity contribution in [2.24, 2.45) is 5.92 Å². The summed E-state index contributed by atoms with van der Waals surface area (Å²) in [6.07, 6.45) is 3.58. The van der Waals surface area contributed by atoms with E-state index in [0.29, 0.717) is 19.3 Å². The van der Waals surface area contributed by atoms with Crippen molar-refractivity contribution < 1.29 is 14.8 Å². The average molecular weight is 292 g/mol. The first kappa shape index (κ1) is 16.2. The van der Waals surface area contributed by atoms with Gasteiger partial charge in [-0.1, -0.05) is 13.8 Å². The normalized spacial score (nSPS) is 17.7. The maximum absolute atomic E-state index is 5.81. The first-order valence-electron chi connectivity index (χ1n) is 8.50. The van der Waals surface area contributed by atoms with Crippen molar-refractivity contribution in [3.63, 3.8) is 0 Å². The zero-order chi connectivity index (χ0) is 15.2. The molecule has 0 saturated heterocycles. The quantitative estimate of drug-likeness (QED) is 0.838. The Labute approximate surface area is 129 Å². The van der Waals surface area contributed by atoms with Crippen LogP contribution in [0.25, 0.3) is 0 Å². The van der Waals surface area contributed by atoms with Gasteiger partial charge in [-0.15, -0.1) is 0 Å². The zero-order valence-electron chi connectivity index (χ0n) is 13.9. The van der Waals surface area contributed by atoms with Crippen LogP contribution >= 0.6 is 0 Å². The van der Waals surface area contributed by atoms with Gasteiger partial charge in [0.15, 0.2) is 11.5 Å². The Bertz CT molecular complexity index is 455. The van der Waals surface area contributed by atoms with Crippen LogP contribution in [0, 0.1) is 5.92 Å². The minimum absolute atomic E-state index is 0.568. The number of hydrogen-bond acceptors (Lipinski definition) is 2. The molecular formula is C18H30NO2+. The molecule has 3 nitrogen and oxygen atoms in total. The zero-order valence-corrected chi connectivity index (χ0v) is 13.9. The van der Waals surface area contributed by atoms with E-state index >= 15 is 0 Å². The summed E-state index contributed by atoms with van der Waals surface area (Å²) in [5.74, 6) is 2.55. The lowest BCUT2D eigenvalue weighted by atomic mass is 9.83. The smallest absolute Gasteiger partial charge is 0.161 e. The predicted molar refractivity (Wildman–Crippen MR) is 86.1 cm³/mol. The Hall–Kier alpha value is -1.22. The van der Waals surface area contributed by atoms with Crippen LogP contribution in [0.15, 0.2) is 12.1 Å². The highest BCUT2D eigenvalue weighted by molar-refractivity contribution is 5.49. The Kier molecular flexibility index (Phi) is 5.92. The maximum atomic E-state index is 5.81. The summed E-state index contributed by atoms with van der Waals surface area (Å²) in [4.78, 5) is 0. The van der Waals surface area contributed by atoms with E-state index in [-0.39, 0.29) is 0 Å². The number of fused-ring (bicyclic) bond motifs is 1. The van der Waals surface area contributed by atoms with E-state index in [4.69, 9.17) is 9.47 Å². The standard InChI is InChI=1S/C18H29NO2/c1-5-13(6-2)18-15-12-17(21-8-4)16(20-7-3)11-14(15)9-10-19-18/h11-13,18-19H,5-10H2,1-4H3/p+1/t18-/m1/s1. The van der Waals surface area contributed by atoms with Crippen molar-refractivity contribution in [2.45, 2.75) is 53.0 Å². The van der Waals surface area contributed by atoms with Gasteiger partial charge in [-0.05, 0) is 44.4 Å². The molecule has 0 bridgehead atoms. The summed E-state index contributed by atoms with van der Waals surface area (Å²) >= 11 is 0. The fourth-order valence-electron chi connectivity index (χ4n) is 3.47. The molecule has 1 atom stereocenters. The average Bonchev–Trinajstić information content (AvgIpc) is 2.50. The largest absolute Gasteiger partial charge is 0.490 e. The third-order valence-electron chi connectivity index (χ3n) is 4.56. The SMILES string of the molecule is CCOc1cc2c(cc1OCC)[C@@H](C(CC)CC)[NH2+]CC2. The van der Waals surface area contributed by atoms with E-state index in [2.05, 4.69) is 31.3 Å². The number of ether oxygens (including phenoxy) is 2. The van der Waals surface area contributed by atoms with Crippen LogP contribution in [0.3, 0.4) is 0 Å². The highest BCUT2D eigenvalue weighted by Crippen LogP contribution is 2.37. The van der Waals surface area contributed by atoms with Crippen molar-refractivity contribution in [3.8, 4) is 11.5 Å². The predicted octanol–water partition coefficient (Wildman–Crippen LogP) is 3.08. The minimum atomic E-state index is 0.568. The van der Waals surface area contributed by atoms with Gasteiger partial charge in [0.1, 0.15) is 6.04 Å². The van der Waals surface area contributed by atoms with Gasteiger partial charge in [0.2, 0.25) is 0 Å². The number of rotatable bonds is 7. The Morgan fingerprint density at radius 1 is 1.05 bits per heavy atom. The van der Waals surface area contributed by atoms with Gasteiger partial charge in [0, 0.05) is 17.9 Å². The summed E-state index contributed by atoms with van der Waals surface area (Å²) in [6.45, 7) is 11.2. The van der Waals surface area contributed by atoms with Crippen molar-refractivity contribution >= 4 is 0 Å². The van der Waals surface area contributed by atoms with E-state index in [1.54, 1.807) is 0 Å². The summed E-state index contributed by atoms with van der Waals surface area (Å²) in [5, 5.41) is 2.51. The van der Waals surface area contributed by atoms with Crippen molar-refractivity contribution in [1.82, 2.24) is 0 Å². The van der Waals surface area contributed by atoms with E-state index in [1.165, 1.54) is 30.5 Å². The van der Waals surface area contributed by atoms with Crippen LogP contribution in [0.1, 0.15) is 57.7 Å². The summed E-state index contributed by atoms with van der Waals surface area (Å²) in [5.41, 5.74) is 2.91. The van der Waals surface area contributed by atoms with Gasteiger partial charge in [-0.3, -0.25) is 0 Å². The molecule has 1 aliphatic rings. The first-order valence-corrected chi connectivity index (χ1v) is 8.50. The molecule has 3 heteroatoms. The van der Waals surface area contributed by atoms with Crippen LogP contribution in [0.4, 0.5) is 0 Å². The number of nitrogens with two attached hydrogens (primary N) is 1. The molecule has 0 unspecified atom stereocenters. The van der Waals surface area contributed by atoms with Gasteiger partial charge in [-0.2, -0.15) is 0 Å². The molecule has 1 heterocycles. The molecule has 0 aliphatic carbocycles. The number of quaternary nitrogens is 1. The van der Waals surface area contributed by atoms with Crippen molar-refractivity contribution in [3.05, 3.63) is 23.3 Å². The Balaban J connectivity index is 2.40. The molecular weight excluding hydrogens is 262 g/mol. The second-order valence-electron chi connectivity index (χ2n) is 5.74. The van der Waals surface area contributed by atoms with E-state index in [9.17, 15) is 0 Å². The minimum Gasteiger partial charge on any atom is -0.490 e. The van der Waals surface area contributed by atoms with E-state index < -0.39 is 0 Å². The lowest BCUT2D eigenvalue weighted by Crippen LogP contribution is -2.88. The second kappa shape index (κ2) is 7.69. The molecule has 1 aromatic rings. The van der Waals surface area contributed by atoms with Crippen LogP contribution < -0.4 is 14.8 Å². The Morgan fingerprint density at radius 2 is 1.67 bits per heavy atom. The van der Waals surface area contributed by atoms with Crippen LogP contribution in [-0.4, -0.2) is 19.8 Å². The van der Waals surface area contributed by atoms with Crippen molar-refractivity contribution in [2.75, 3.05) is 19.8 Å². The fourth-order valence-corrected chi connectivity index (χ4v) is 3.47. The van der Waals surface area contributed by atoms with Gasteiger partial charge in [0.25, 0.3) is 0 Å². The van der Waals surface area contributed by atoms with Gasteiger partial charge in [0.05, 0.1) is 19.8 Å². The third-order valence-corrected chi connectivity index (χ3v) is 4.56. The molecule has 0 fully saturated rings.